The summed E-state index contributed by atoms with van der Waals surface area (Å²) in [6.07, 6.45) is 10.3. The second-order valence-electron chi connectivity index (χ2n) is 7.67. The van der Waals surface area contributed by atoms with Gasteiger partial charge in [0, 0.05) is 43.5 Å². The van der Waals surface area contributed by atoms with Crippen LogP contribution in [0.5, 0.6) is 5.75 Å². The van der Waals surface area contributed by atoms with Crippen LogP contribution in [0.15, 0.2) is 42.9 Å². The van der Waals surface area contributed by atoms with Gasteiger partial charge in [0.2, 0.25) is 5.91 Å². The predicted molar refractivity (Wildman–Crippen MR) is 118 cm³/mol. The number of carbonyl (C=O) groups excluding carboxylic acids is 1. The Labute approximate surface area is 177 Å². The monoisotopic (exact) mass is 407 g/mol. The minimum atomic E-state index is 0.229. The number of nitrogens with one attached hydrogen (secondary N) is 1. The summed E-state index contributed by atoms with van der Waals surface area (Å²) in [6.45, 7) is 3.61. The maximum absolute atomic E-state index is 12.8. The maximum atomic E-state index is 12.8. The number of hydrogen-bond acceptors (Lipinski definition) is 5. The summed E-state index contributed by atoms with van der Waals surface area (Å²) < 4.78 is 7.35. The maximum Gasteiger partial charge on any atom is 0.224 e. The van der Waals surface area contributed by atoms with Crippen LogP contribution in [0.4, 0.5) is 5.82 Å². The van der Waals surface area contributed by atoms with Crippen LogP contribution < -0.4 is 10.1 Å². The van der Waals surface area contributed by atoms with Gasteiger partial charge in [-0.3, -0.25) is 14.2 Å². The zero-order valence-electron chi connectivity index (χ0n) is 17.7. The molecule has 30 heavy (non-hydrogen) atoms. The molecule has 3 aromatic rings. The molecule has 0 spiro atoms. The highest BCUT2D eigenvalue weighted by Crippen LogP contribution is 2.30. The molecular weight excluding hydrogens is 378 g/mol. The number of aromatic nitrogens is 3. The second-order valence-corrected chi connectivity index (χ2v) is 7.67. The zero-order valence-corrected chi connectivity index (χ0v) is 17.7. The molecule has 3 heterocycles. The number of ether oxygens (including phenoxy) is 1. The first-order chi connectivity index (χ1) is 14.7. The number of hydrogen-bond donors (Lipinski definition) is 1. The molecule has 2 aromatic heterocycles. The fraction of sp³-hybridized carbons (Fsp3) is 0.435. The predicted octanol–water partition coefficient (Wildman–Crippen LogP) is 4.00. The summed E-state index contributed by atoms with van der Waals surface area (Å²) >= 11 is 0. The minimum Gasteiger partial charge on any atom is -0.497 e. The lowest BCUT2D eigenvalue weighted by Crippen LogP contribution is -2.43. The molecule has 0 saturated carbocycles. The Kier molecular flexibility index (Phi) is 6.16. The van der Waals surface area contributed by atoms with E-state index in [4.69, 9.17) is 9.72 Å². The van der Waals surface area contributed by atoms with E-state index in [0.717, 1.165) is 54.3 Å². The van der Waals surface area contributed by atoms with Crippen molar-refractivity contribution >= 4 is 17.4 Å². The molecule has 1 fully saturated rings. The van der Waals surface area contributed by atoms with E-state index in [1.807, 2.05) is 34.9 Å². The molecule has 7 nitrogen and oxygen atoms in total. The van der Waals surface area contributed by atoms with Crippen LogP contribution in [0.3, 0.4) is 0 Å². The van der Waals surface area contributed by atoms with Gasteiger partial charge in [-0.2, -0.15) is 0 Å². The van der Waals surface area contributed by atoms with Crippen molar-refractivity contribution in [2.75, 3.05) is 25.5 Å². The Morgan fingerprint density at radius 1 is 1.33 bits per heavy atom. The van der Waals surface area contributed by atoms with Crippen molar-refractivity contribution in [3.63, 3.8) is 0 Å². The molecular formula is C23H29N5O2. The average Bonchev–Trinajstić information content (AvgIpc) is 3.17. The van der Waals surface area contributed by atoms with E-state index in [-0.39, 0.29) is 5.91 Å². The van der Waals surface area contributed by atoms with Crippen molar-refractivity contribution in [1.29, 1.82) is 0 Å². The molecule has 0 bridgehead atoms. The molecule has 1 N–H and O–H groups in total. The fourth-order valence-corrected chi connectivity index (χ4v) is 4.23. The van der Waals surface area contributed by atoms with Gasteiger partial charge in [-0.25, -0.2) is 4.98 Å². The summed E-state index contributed by atoms with van der Waals surface area (Å²) in [4.78, 5) is 23.9. The first-order valence-electron chi connectivity index (χ1n) is 10.7. The lowest BCUT2D eigenvalue weighted by Gasteiger charge is -2.35. The number of fused-ring (bicyclic) bond motifs is 1. The molecule has 1 aliphatic rings. The highest BCUT2D eigenvalue weighted by Gasteiger charge is 2.25. The molecule has 1 amide bonds. The standard InChI is InChI=1S/C23H29N5O2/c1-3-18-8-4-5-13-27(18)21(29)10-11-25-23-22(17-7-6-9-19(15-17)30-2)26-20-16-24-12-14-28(20)23/h6-7,9,12,14-16,18,25H,3-5,8,10-11,13H2,1-2H3/t18-/m1/s1. The van der Waals surface area contributed by atoms with Crippen LogP contribution in [0, 0.1) is 0 Å². The summed E-state index contributed by atoms with van der Waals surface area (Å²) in [6, 6.07) is 8.22. The van der Waals surface area contributed by atoms with E-state index in [2.05, 4.69) is 22.1 Å². The molecule has 7 heteroatoms. The van der Waals surface area contributed by atoms with Gasteiger partial charge in [0.1, 0.15) is 17.3 Å². The lowest BCUT2D eigenvalue weighted by molar-refractivity contribution is -0.134. The average molecular weight is 408 g/mol. The van der Waals surface area contributed by atoms with Crippen molar-refractivity contribution in [3.8, 4) is 17.0 Å². The van der Waals surface area contributed by atoms with E-state index in [1.54, 1.807) is 19.5 Å². The number of imidazole rings is 1. The van der Waals surface area contributed by atoms with E-state index in [1.165, 1.54) is 6.42 Å². The Balaban J connectivity index is 1.54. The van der Waals surface area contributed by atoms with Gasteiger partial charge in [-0.1, -0.05) is 19.1 Å². The first-order valence-corrected chi connectivity index (χ1v) is 10.7. The van der Waals surface area contributed by atoms with Crippen molar-refractivity contribution in [1.82, 2.24) is 19.3 Å². The van der Waals surface area contributed by atoms with Gasteiger partial charge in [0.25, 0.3) is 0 Å². The number of piperidine rings is 1. The smallest absolute Gasteiger partial charge is 0.224 e. The number of amides is 1. The summed E-state index contributed by atoms with van der Waals surface area (Å²) in [5.74, 6) is 1.87. The Hall–Kier alpha value is -3.09. The molecule has 1 saturated heterocycles. The van der Waals surface area contributed by atoms with E-state index >= 15 is 0 Å². The highest BCUT2D eigenvalue weighted by molar-refractivity contribution is 5.79. The number of benzene rings is 1. The topological polar surface area (TPSA) is 71.8 Å². The summed E-state index contributed by atoms with van der Waals surface area (Å²) in [5.41, 5.74) is 2.53. The van der Waals surface area contributed by atoms with Gasteiger partial charge >= 0.3 is 0 Å². The number of carbonyl (C=O) groups is 1. The van der Waals surface area contributed by atoms with Crippen molar-refractivity contribution < 1.29 is 9.53 Å². The van der Waals surface area contributed by atoms with Crippen molar-refractivity contribution in [2.45, 2.75) is 45.1 Å². The highest BCUT2D eigenvalue weighted by atomic mass is 16.5. The number of rotatable bonds is 7. The molecule has 4 rings (SSSR count). The molecule has 1 atom stereocenters. The Morgan fingerprint density at radius 2 is 2.23 bits per heavy atom. The third-order valence-electron chi connectivity index (χ3n) is 5.82. The van der Waals surface area contributed by atoms with Crippen LogP contribution in [0.25, 0.3) is 16.9 Å². The van der Waals surface area contributed by atoms with E-state index in [0.29, 0.717) is 19.0 Å². The molecule has 1 aromatic carbocycles. The van der Waals surface area contributed by atoms with Crippen molar-refractivity contribution in [2.24, 2.45) is 0 Å². The third kappa shape index (κ3) is 4.10. The van der Waals surface area contributed by atoms with Gasteiger partial charge in [0.15, 0.2) is 5.65 Å². The SMILES string of the molecule is CC[C@@H]1CCCCN1C(=O)CCNc1c(-c2cccc(OC)c2)nc2cnccn12. The van der Waals surface area contributed by atoms with E-state index < -0.39 is 0 Å². The molecule has 0 aliphatic carbocycles. The molecule has 1 aliphatic heterocycles. The van der Waals surface area contributed by atoms with Crippen LogP contribution in [-0.2, 0) is 4.79 Å². The fourth-order valence-electron chi connectivity index (χ4n) is 4.23. The number of anilines is 1. The number of methoxy groups -OCH3 is 1. The van der Waals surface area contributed by atoms with Crippen LogP contribution in [0.1, 0.15) is 39.0 Å². The van der Waals surface area contributed by atoms with Gasteiger partial charge < -0.3 is 15.0 Å². The Morgan fingerprint density at radius 3 is 3.07 bits per heavy atom. The number of likely N-dealkylation sites (tertiary alicyclic amines) is 1. The summed E-state index contributed by atoms with van der Waals surface area (Å²) in [5, 5.41) is 3.46. The van der Waals surface area contributed by atoms with Gasteiger partial charge in [0.05, 0.1) is 13.3 Å². The van der Waals surface area contributed by atoms with Crippen LogP contribution in [-0.4, -0.2) is 51.4 Å². The minimum absolute atomic E-state index is 0.229. The summed E-state index contributed by atoms with van der Waals surface area (Å²) in [7, 11) is 1.65. The Bertz CT molecular complexity index is 1020. The second kappa shape index (κ2) is 9.15. The van der Waals surface area contributed by atoms with Gasteiger partial charge in [-0.15, -0.1) is 0 Å². The zero-order chi connectivity index (χ0) is 20.9. The van der Waals surface area contributed by atoms with E-state index in [9.17, 15) is 4.79 Å². The normalized spacial score (nSPS) is 16.6. The molecule has 0 radical (unpaired) electrons. The first kappa shape index (κ1) is 20.2. The third-order valence-corrected chi connectivity index (χ3v) is 5.82. The molecule has 0 unspecified atom stereocenters. The number of nitrogens with zero attached hydrogens (tertiary/aromatic N) is 4. The quantitative estimate of drug-likeness (QED) is 0.641. The molecule has 158 valence electrons. The van der Waals surface area contributed by atoms with Crippen molar-refractivity contribution in [3.05, 3.63) is 42.9 Å². The van der Waals surface area contributed by atoms with Crippen LogP contribution >= 0.6 is 0 Å². The lowest BCUT2D eigenvalue weighted by atomic mass is 9.99. The largest absolute Gasteiger partial charge is 0.497 e. The van der Waals surface area contributed by atoms with Crippen LogP contribution in [0.2, 0.25) is 0 Å². The van der Waals surface area contributed by atoms with Gasteiger partial charge in [-0.05, 0) is 37.8 Å².